The number of benzene rings is 5. The minimum absolute atomic E-state index is 0.0151. The van der Waals surface area contributed by atoms with E-state index in [-0.39, 0.29) is 24.2 Å². The zero-order valence-electron chi connectivity index (χ0n) is 27.8. The van der Waals surface area contributed by atoms with Gasteiger partial charge in [-0.05, 0) is 78.2 Å². The lowest BCUT2D eigenvalue weighted by molar-refractivity contribution is 0.289. The van der Waals surface area contributed by atoms with Crippen molar-refractivity contribution in [3.05, 3.63) is 169 Å². The summed E-state index contributed by atoms with van der Waals surface area (Å²) in [7, 11) is 0. The molecular formula is C44H33N7. The van der Waals surface area contributed by atoms with Gasteiger partial charge in [-0.1, -0.05) is 91.5 Å². The molecule has 0 amide bonds. The Kier molecular flexibility index (Phi) is 5.99. The third kappa shape index (κ3) is 3.97. The molecule has 0 bridgehead atoms. The second kappa shape index (κ2) is 10.8. The first kappa shape index (κ1) is 28.4. The van der Waals surface area contributed by atoms with Crippen LogP contribution in [0.1, 0.15) is 23.5 Å². The van der Waals surface area contributed by atoms with E-state index in [0.29, 0.717) is 0 Å². The maximum Gasteiger partial charge on any atom is 0.179 e. The van der Waals surface area contributed by atoms with Crippen molar-refractivity contribution >= 4 is 62.5 Å². The predicted molar refractivity (Wildman–Crippen MR) is 206 cm³/mol. The topological polar surface area (TPSA) is 51.6 Å². The molecule has 0 radical (unpaired) electrons. The number of allylic oxidation sites excluding steroid dienone is 1. The number of pyridine rings is 1. The highest BCUT2D eigenvalue weighted by Gasteiger charge is 2.59. The molecule has 0 fully saturated rings. The van der Waals surface area contributed by atoms with Crippen molar-refractivity contribution in [2.75, 3.05) is 19.6 Å². The van der Waals surface area contributed by atoms with Crippen LogP contribution >= 0.6 is 0 Å². The van der Waals surface area contributed by atoms with Gasteiger partial charge in [0, 0.05) is 40.7 Å². The lowest BCUT2D eigenvalue weighted by atomic mass is 9.71. The number of fused-ring (bicyclic) bond motifs is 15. The minimum Gasteiger partial charge on any atom is -0.316 e. The van der Waals surface area contributed by atoms with E-state index in [0.717, 1.165) is 68.8 Å². The zero-order chi connectivity index (χ0) is 33.6. The Morgan fingerprint density at radius 1 is 0.490 bits per heavy atom. The van der Waals surface area contributed by atoms with Crippen LogP contribution in [0, 0.1) is 5.92 Å². The van der Waals surface area contributed by atoms with Crippen molar-refractivity contribution in [1.82, 2.24) is 15.0 Å². The first-order valence-corrected chi connectivity index (χ1v) is 17.6. The zero-order valence-corrected chi connectivity index (χ0v) is 27.8. The maximum atomic E-state index is 5.41. The van der Waals surface area contributed by atoms with E-state index < -0.39 is 0 Å². The van der Waals surface area contributed by atoms with Gasteiger partial charge in [0.2, 0.25) is 0 Å². The third-order valence-electron chi connectivity index (χ3n) is 11.1. The summed E-state index contributed by atoms with van der Waals surface area (Å²) in [5, 5.41) is 0. The summed E-state index contributed by atoms with van der Waals surface area (Å²) in [5.74, 6) is 2.78. The molecule has 0 N–H and O–H groups in total. The van der Waals surface area contributed by atoms with Gasteiger partial charge in [0.1, 0.15) is 12.3 Å². The van der Waals surface area contributed by atoms with E-state index in [2.05, 4.69) is 153 Å². The second-order valence-electron chi connectivity index (χ2n) is 13.8. The summed E-state index contributed by atoms with van der Waals surface area (Å²) < 4.78 is 0. The highest BCUT2D eigenvalue weighted by molar-refractivity contribution is 5.94. The lowest BCUT2D eigenvalue weighted by Gasteiger charge is -2.53. The predicted octanol–water partition coefficient (Wildman–Crippen LogP) is 10.1. The molecule has 0 saturated carbocycles. The quantitative estimate of drug-likeness (QED) is 0.183. The number of nitrogens with zero attached hydrogens (tertiary/aromatic N) is 7. The van der Waals surface area contributed by atoms with Crippen LogP contribution in [-0.2, 0) is 0 Å². The molecule has 4 atom stereocenters. The number of hydrogen-bond donors (Lipinski definition) is 0. The number of hydrogen-bond acceptors (Lipinski definition) is 7. The van der Waals surface area contributed by atoms with E-state index in [9.17, 15) is 0 Å². The largest absolute Gasteiger partial charge is 0.316 e. The Balaban J connectivity index is 1.26. The molecule has 5 aromatic carbocycles. The van der Waals surface area contributed by atoms with Gasteiger partial charge in [-0.25, -0.2) is 15.0 Å². The van der Waals surface area contributed by atoms with Crippen LogP contribution in [0.5, 0.6) is 0 Å². The maximum absolute atomic E-state index is 5.41. The van der Waals surface area contributed by atoms with Gasteiger partial charge in [0.25, 0.3) is 0 Å². The monoisotopic (exact) mass is 659 g/mol. The molecule has 0 aliphatic carbocycles. The van der Waals surface area contributed by atoms with E-state index in [1.165, 1.54) is 11.3 Å². The van der Waals surface area contributed by atoms with Crippen molar-refractivity contribution < 1.29 is 0 Å². The standard InChI is InChI=1S/C44H33N7/c1-28-27-33-32-20-9-13-24-37(32)51-42-41(46-34-21-10-11-22-35(34)47-42)49(30-17-6-3-7-18-30)44(51)39(33)43-48(29-15-4-2-5-16-29)38-25-14-26-45-40(38)50(43)36-23-12-8-19-31(28)36/h2-26,33,39,43-44H,1,27H2. The van der Waals surface area contributed by atoms with Crippen LogP contribution in [0.3, 0.4) is 0 Å². The van der Waals surface area contributed by atoms with E-state index in [1.807, 2.05) is 18.3 Å². The van der Waals surface area contributed by atoms with Crippen molar-refractivity contribution in [2.45, 2.75) is 24.7 Å². The van der Waals surface area contributed by atoms with Crippen molar-refractivity contribution in [3.8, 4) is 0 Å². The molecule has 6 heterocycles. The van der Waals surface area contributed by atoms with Gasteiger partial charge < -0.3 is 19.6 Å². The summed E-state index contributed by atoms with van der Waals surface area (Å²) in [6.45, 7) is 4.80. The molecule has 0 saturated heterocycles. The Morgan fingerprint density at radius 2 is 1.04 bits per heavy atom. The molecular weight excluding hydrogens is 627 g/mol. The van der Waals surface area contributed by atoms with Gasteiger partial charge in [-0.2, -0.15) is 0 Å². The van der Waals surface area contributed by atoms with Gasteiger partial charge in [0.15, 0.2) is 17.5 Å². The van der Waals surface area contributed by atoms with Gasteiger partial charge in [0.05, 0.1) is 22.4 Å². The Morgan fingerprint density at radius 3 is 1.78 bits per heavy atom. The van der Waals surface area contributed by atoms with Crippen LogP contribution in [0.4, 0.5) is 45.9 Å². The smallest absolute Gasteiger partial charge is 0.179 e. The number of aromatic nitrogens is 3. The Bertz CT molecular complexity index is 2500. The van der Waals surface area contributed by atoms with Crippen LogP contribution in [0.25, 0.3) is 16.6 Å². The van der Waals surface area contributed by atoms with Crippen molar-refractivity contribution in [2.24, 2.45) is 5.92 Å². The fourth-order valence-corrected chi connectivity index (χ4v) is 9.16. The Hall–Kier alpha value is -6.47. The van der Waals surface area contributed by atoms with Crippen LogP contribution in [0.2, 0.25) is 0 Å². The van der Waals surface area contributed by atoms with E-state index in [4.69, 9.17) is 21.5 Å². The third-order valence-corrected chi connectivity index (χ3v) is 11.1. The number of rotatable bonds is 2. The average molecular weight is 660 g/mol. The molecule has 7 heteroatoms. The first-order valence-electron chi connectivity index (χ1n) is 17.6. The molecule has 244 valence electrons. The Labute approximate surface area is 296 Å². The van der Waals surface area contributed by atoms with Crippen molar-refractivity contribution in [3.63, 3.8) is 0 Å². The molecule has 11 rings (SSSR count). The number of anilines is 8. The lowest BCUT2D eigenvalue weighted by Crippen LogP contribution is -2.60. The highest BCUT2D eigenvalue weighted by Crippen LogP contribution is 2.62. The summed E-state index contributed by atoms with van der Waals surface area (Å²) in [4.78, 5) is 25.9. The van der Waals surface area contributed by atoms with Crippen LogP contribution < -0.4 is 19.6 Å². The summed E-state index contributed by atoms with van der Waals surface area (Å²) in [5.41, 5.74) is 10.9. The normalized spacial score (nSPS) is 21.1. The second-order valence-corrected chi connectivity index (χ2v) is 13.8. The fraction of sp³-hybridized carbons (Fsp3) is 0.114. The fourth-order valence-electron chi connectivity index (χ4n) is 9.16. The summed E-state index contributed by atoms with van der Waals surface area (Å²) >= 11 is 0. The molecule has 51 heavy (non-hydrogen) atoms. The minimum atomic E-state index is -0.176. The molecule has 4 aliphatic rings. The average Bonchev–Trinajstić information content (AvgIpc) is 3.70. The molecule has 7 nitrogen and oxygen atoms in total. The summed E-state index contributed by atoms with van der Waals surface area (Å²) in [6, 6.07) is 51.7. The first-order chi connectivity index (χ1) is 25.3. The van der Waals surface area contributed by atoms with Gasteiger partial charge in [-0.3, -0.25) is 0 Å². The highest BCUT2D eigenvalue weighted by atomic mass is 15.5. The number of para-hydroxylation sites is 6. The van der Waals surface area contributed by atoms with E-state index in [1.54, 1.807) is 0 Å². The summed E-state index contributed by atoms with van der Waals surface area (Å²) in [6.07, 6.45) is 2.39. The van der Waals surface area contributed by atoms with Crippen LogP contribution in [-0.4, -0.2) is 27.3 Å². The van der Waals surface area contributed by atoms with Crippen LogP contribution in [0.15, 0.2) is 158 Å². The van der Waals surface area contributed by atoms with Gasteiger partial charge in [-0.15, -0.1) is 0 Å². The van der Waals surface area contributed by atoms with Crippen molar-refractivity contribution in [1.29, 1.82) is 0 Å². The molecule has 4 unspecified atom stereocenters. The SMILES string of the molecule is C=C1CC2c3ccccc3N3c4nc5ccccc5nc4N(c4ccccc4)C3C2C2N(c3ccccc3)c3cccnc3N2c2ccccc21. The molecule has 7 aromatic rings. The van der Waals surface area contributed by atoms with Gasteiger partial charge >= 0.3 is 0 Å². The molecule has 2 aromatic heterocycles. The molecule has 4 aliphatic heterocycles. The molecule has 0 spiro atoms. The van der Waals surface area contributed by atoms with E-state index >= 15 is 0 Å².